The Hall–Kier alpha value is -3.59. The molecule has 0 spiro atoms. The minimum atomic E-state index is -0.614. The molecular weight excluding hydrogens is 472 g/mol. The third-order valence-electron chi connectivity index (χ3n) is 4.98. The largest absolute Gasteiger partial charge is 0.444 e. The minimum Gasteiger partial charge on any atom is -0.444 e. The standard InChI is InChI=1S/C25H29ClN4O5/c1-14-18(13-27-23(31)33-16(3)17-9-7-8-10-19(17)26)22(35-30-14)21-12-11-20(15(2)28-21)29-24(32)34-25(4,5)6/h7-12,16H,13H2,1-6H3,(H,27,31)(H,29,32)/t16-/m1/s1. The van der Waals surface area contributed by atoms with Crippen LogP contribution in [-0.2, 0) is 16.0 Å². The van der Waals surface area contributed by atoms with E-state index in [1.807, 2.05) is 12.1 Å². The molecule has 2 heterocycles. The molecule has 0 saturated heterocycles. The van der Waals surface area contributed by atoms with Gasteiger partial charge in [0.2, 0.25) is 0 Å². The van der Waals surface area contributed by atoms with Gasteiger partial charge >= 0.3 is 12.2 Å². The number of hydrogen-bond acceptors (Lipinski definition) is 7. The maximum Gasteiger partial charge on any atom is 0.412 e. The number of alkyl carbamates (subject to hydrolysis) is 1. The van der Waals surface area contributed by atoms with E-state index in [0.29, 0.717) is 44.7 Å². The van der Waals surface area contributed by atoms with E-state index in [9.17, 15) is 9.59 Å². The monoisotopic (exact) mass is 500 g/mol. The number of halogens is 1. The van der Waals surface area contributed by atoms with Crippen molar-refractivity contribution in [3.8, 4) is 11.5 Å². The summed E-state index contributed by atoms with van der Waals surface area (Å²) in [5.41, 5.74) is 2.95. The number of nitrogens with one attached hydrogen (secondary N) is 2. The second-order valence-electron chi connectivity index (χ2n) is 8.95. The van der Waals surface area contributed by atoms with E-state index in [1.165, 1.54) is 0 Å². The van der Waals surface area contributed by atoms with Crippen molar-refractivity contribution in [1.29, 1.82) is 0 Å². The smallest absolute Gasteiger partial charge is 0.412 e. The molecule has 0 aliphatic rings. The maximum absolute atomic E-state index is 12.4. The first-order chi connectivity index (χ1) is 16.4. The summed E-state index contributed by atoms with van der Waals surface area (Å²) in [6.07, 6.45) is -1.70. The SMILES string of the molecule is Cc1nc(-c2onc(C)c2CNC(=O)O[C@H](C)c2ccccc2Cl)ccc1NC(=O)OC(C)(C)C. The third-order valence-corrected chi connectivity index (χ3v) is 5.32. The second kappa shape index (κ2) is 10.8. The van der Waals surface area contributed by atoms with Crippen molar-refractivity contribution >= 4 is 29.5 Å². The Kier molecular flexibility index (Phi) is 8.01. The Morgan fingerprint density at radius 3 is 2.46 bits per heavy atom. The van der Waals surface area contributed by atoms with Gasteiger partial charge in [-0.15, -0.1) is 0 Å². The maximum atomic E-state index is 12.4. The number of aromatic nitrogens is 2. The van der Waals surface area contributed by atoms with Crippen LogP contribution in [0.2, 0.25) is 5.02 Å². The number of nitrogens with zero attached hydrogens (tertiary/aromatic N) is 2. The molecule has 9 nitrogen and oxygen atoms in total. The molecule has 10 heteroatoms. The van der Waals surface area contributed by atoms with Crippen molar-refractivity contribution in [2.75, 3.05) is 5.32 Å². The van der Waals surface area contributed by atoms with E-state index in [-0.39, 0.29) is 6.54 Å². The molecule has 0 aliphatic heterocycles. The number of hydrogen-bond donors (Lipinski definition) is 2. The van der Waals surface area contributed by atoms with Gasteiger partial charge in [-0.3, -0.25) is 5.32 Å². The molecule has 0 fully saturated rings. The molecule has 3 aromatic rings. The van der Waals surface area contributed by atoms with Gasteiger partial charge in [-0.25, -0.2) is 14.6 Å². The highest BCUT2D eigenvalue weighted by Crippen LogP contribution is 2.28. The number of ether oxygens (including phenoxy) is 2. The fourth-order valence-electron chi connectivity index (χ4n) is 3.26. The van der Waals surface area contributed by atoms with Gasteiger partial charge in [0.25, 0.3) is 0 Å². The molecule has 3 rings (SSSR count). The molecule has 2 N–H and O–H groups in total. The number of carbonyl (C=O) groups is 2. The fraction of sp³-hybridized carbons (Fsp3) is 0.360. The summed E-state index contributed by atoms with van der Waals surface area (Å²) in [5, 5.41) is 9.95. The first-order valence-corrected chi connectivity index (χ1v) is 11.4. The number of rotatable bonds is 6. The van der Waals surface area contributed by atoms with Gasteiger partial charge in [-0.05, 0) is 59.7 Å². The van der Waals surface area contributed by atoms with Crippen LogP contribution in [0.1, 0.15) is 56.3 Å². The Bertz CT molecular complexity index is 1220. The molecule has 2 aromatic heterocycles. The van der Waals surface area contributed by atoms with Crippen molar-refractivity contribution in [2.45, 2.75) is 59.8 Å². The summed E-state index contributed by atoms with van der Waals surface area (Å²) in [6, 6.07) is 10.6. The molecule has 1 atom stereocenters. The molecule has 0 aliphatic carbocycles. The minimum absolute atomic E-state index is 0.122. The zero-order valence-corrected chi connectivity index (χ0v) is 21.3. The lowest BCUT2D eigenvalue weighted by atomic mass is 10.1. The van der Waals surface area contributed by atoms with Crippen LogP contribution in [0.5, 0.6) is 0 Å². The van der Waals surface area contributed by atoms with Crippen LogP contribution in [0, 0.1) is 13.8 Å². The quantitative estimate of drug-likeness (QED) is 0.405. The van der Waals surface area contributed by atoms with Gasteiger partial charge in [0.15, 0.2) is 5.76 Å². The third kappa shape index (κ3) is 6.95. The Balaban J connectivity index is 1.68. The van der Waals surface area contributed by atoms with Gasteiger partial charge in [-0.1, -0.05) is 35.0 Å². The van der Waals surface area contributed by atoms with Crippen LogP contribution in [-0.4, -0.2) is 27.9 Å². The summed E-state index contributed by atoms with van der Waals surface area (Å²) in [4.78, 5) is 29.0. The van der Waals surface area contributed by atoms with Gasteiger partial charge in [0, 0.05) is 16.1 Å². The van der Waals surface area contributed by atoms with E-state index in [1.54, 1.807) is 65.8 Å². The lowest BCUT2D eigenvalue weighted by Crippen LogP contribution is -2.27. The average Bonchev–Trinajstić information content (AvgIpc) is 3.13. The summed E-state index contributed by atoms with van der Waals surface area (Å²) in [7, 11) is 0. The number of carbonyl (C=O) groups excluding carboxylic acids is 2. The molecule has 1 aromatic carbocycles. The van der Waals surface area contributed by atoms with Crippen molar-refractivity contribution in [3.63, 3.8) is 0 Å². The van der Waals surface area contributed by atoms with Crippen molar-refractivity contribution in [1.82, 2.24) is 15.5 Å². The first kappa shape index (κ1) is 26.0. The highest BCUT2D eigenvalue weighted by atomic mass is 35.5. The Morgan fingerprint density at radius 1 is 1.09 bits per heavy atom. The zero-order chi connectivity index (χ0) is 25.8. The predicted octanol–water partition coefficient (Wildman–Crippen LogP) is 6.34. The number of amides is 2. The lowest BCUT2D eigenvalue weighted by Gasteiger charge is -2.20. The predicted molar refractivity (Wildman–Crippen MR) is 132 cm³/mol. The van der Waals surface area contributed by atoms with Gasteiger partial charge in [0.05, 0.1) is 23.6 Å². The summed E-state index contributed by atoms with van der Waals surface area (Å²) in [6.45, 7) is 10.8. The van der Waals surface area contributed by atoms with Crippen LogP contribution < -0.4 is 10.6 Å². The van der Waals surface area contributed by atoms with E-state index in [2.05, 4.69) is 20.8 Å². The molecule has 186 valence electrons. The zero-order valence-electron chi connectivity index (χ0n) is 20.6. The normalized spacial score (nSPS) is 12.1. The van der Waals surface area contributed by atoms with Crippen LogP contribution in [0.25, 0.3) is 11.5 Å². The van der Waals surface area contributed by atoms with Crippen LogP contribution >= 0.6 is 11.6 Å². The van der Waals surface area contributed by atoms with E-state index >= 15 is 0 Å². The fourth-order valence-corrected chi connectivity index (χ4v) is 3.55. The molecule has 35 heavy (non-hydrogen) atoms. The Morgan fingerprint density at radius 2 is 1.80 bits per heavy atom. The molecule has 0 radical (unpaired) electrons. The highest BCUT2D eigenvalue weighted by molar-refractivity contribution is 6.31. The molecule has 0 bridgehead atoms. The number of anilines is 1. The average molecular weight is 501 g/mol. The number of pyridine rings is 1. The number of aryl methyl sites for hydroxylation is 2. The highest BCUT2D eigenvalue weighted by Gasteiger charge is 2.21. The van der Waals surface area contributed by atoms with Gasteiger partial charge < -0.3 is 19.3 Å². The van der Waals surface area contributed by atoms with E-state index in [0.717, 1.165) is 0 Å². The van der Waals surface area contributed by atoms with Crippen molar-refractivity contribution in [3.05, 3.63) is 63.9 Å². The van der Waals surface area contributed by atoms with Crippen LogP contribution in [0.4, 0.5) is 15.3 Å². The molecule has 2 amide bonds. The second-order valence-corrected chi connectivity index (χ2v) is 9.36. The molecule has 0 unspecified atom stereocenters. The topological polar surface area (TPSA) is 116 Å². The summed E-state index contributed by atoms with van der Waals surface area (Å²) in [5.74, 6) is 0.411. The van der Waals surface area contributed by atoms with Crippen LogP contribution in [0.15, 0.2) is 40.9 Å². The lowest BCUT2D eigenvalue weighted by molar-refractivity contribution is 0.0635. The first-order valence-electron chi connectivity index (χ1n) is 11.1. The van der Waals surface area contributed by atoms with Crippen molar-refractivity contribution in [2.24, 2.45) is 0 Å². The van der Waals surface area contributed by atoms with Crippen LogP contribution in [0.3, 0.4) is 0 Å². The summed E-state index contributed by atoms with van der Waals surface area (Å²) < 4.78 is 16.2. The Labute approximate surface area is 209 Å². The summed E-state index contributed by atoms with van der Waals surface area (Å²) >= 11 is 6.18. The number of benzene rings is 1. The molecular formula is C25H29ClN4O5. The molecule has 0 saturated carbocycles. The van der Waals surface area contributed by atoms with Gasteiger partial charge in [0.1, 0.15) is 17.4 Å². The van der Waals surface area contributed by atoms with E-state index < -0.39 is 23.9 Å². The van der Waals surface area contributed by atoms with E-state index in [4.69, 9.17) is 25.6 Å². The van der Waals surface area contributed by atoms with Crippen molar-refractivity contribution < 1.29 is 23.6 Å². The van der Waals surface area contributed by atoms with Gasteiger partial charge in [-0.2, -0.15) is 0 Å².